The summed E-state index contributed by atoms with van der Waals surface area (Å²) in [6, 6.07) is 5.84. The van der Waals surface area contributed by atoms with E-state index in [0.29, 0.717) is 23.9 Å². The van der Waals surface area contributed by atoms with Crippen LogP contribution in [0.4, 0.5) is 5.95 Å². The number of hydrogen-bond donors (Lipinski definition) is 0. The first-order valence-corrected chi connectivity index (χ1v) is 10.4. The van der Waals surface area contributed by atoms with Gasteiger partial charge in [-0.1, -0.05) is 0 Å². The minimum absolute atomic E-state index is 0.171. The fraction of sp³-hybridized carbons (Fsp3) is 0.500. The van der Waals surface area contributed by atoms with Crippen molar-refractivity contribution in [3.63, 3.8) is 0 Å². The summed E-state index contributed by atoms with van der Waals surface area (Å²) in [5.41, 5.74) is 0.442. The highest BCUT2D eigenvalue weighted by molar-refractivity contribution is 7.92. The number of aromatic nitrogens is 2. The molecule has 0 bridgehead atoms. The van der Waals surface area contributed by atoms with Gasteiger partial charge in [-0.2, -0.15) is 4.98 Å². The normalized spacial score (nSPS) is 17.5. The van der Waals surface area contributed by atoms with Crippen molar-refractivity contribution in [2.75, 3.05) is 25.5 Å². The first-order valence-electron chi connectivity index (χ1n) is 8.87. The molecule has 8 nitrogen and oxygen atoms in total. The molecule has 0 aliphatic carbocycles. The van der Waals surface area contributed by atoms with Gasteiger partial charge in [0, 0.05) is 26.2 Å². The van der Waals surface area contributed by atoms with Crippen LogP contribution in [-0.2, 0) is 9.84 Å². The van der Waals surface area contributed by atoms with Gasteiger partial charge in [0.25, 0.3) is 17.7 Å². The zero-order valence-electron chi connectivity index (χ0n) is 15.9. The van der Waals surface area contributed by atoms with Crippen LogP contribution >= 0.6 is 0 Å². The maximum absolute atomic E-state index is 12.9. The van der Waals surface area contributed by atoms with E-state index in [1.54, 1.807) is 35.8 Å². The number of amides is 1. The van der Waals surface area contributed by atoms with Crippen LogP contribution in [0.5, 0.6) is 0 Å². The summed E-state index contributed by atoms with van der Waals surface area (Å²) in [6.45, 7) is 3.86. The summed E-state index contributed by atoms with van der Waals surface area (Å²) in [4.78, 5) is 21.0. The Bertz CT molecular complexity index is 919. The van der Waals surface area contributed by atoms with Gasteiger partial charge < -0.3 is 14.3 Å². The molecular weight excluding hydrogens is 368 g/mol. The summed E-state index contributed by atoms with van der Waals surface area (Å²) >= 11 is 0. The first-order chi connectivity index (χ1) is 12.7. The Kier molecular flexibility index (Phi) is 5.23. The summed E-state index contributed by atoms with van der Waals surface area (Å²) in [7, 11) is 0.276. The Morgan fingerprint density at radius 3 is 2.48 bits per heavy atom. The summed E-state index contributed by atoms with van der Waals surface area (Å²) in [5, 5.41) is 3.41. The van der Waals surface area contributed by atoms with Crippen molar-refractivity contribution in [1.29, 1.82) is 0 Å². The van der Waals surface area contributed by atoms with E-state index >= 15 is 0 Å². The molecule has 2 aromatic rings. The number of carbonyl (C=O) groups excluding carboxylic acids is 1. The van der Waals surface area contributed by atoms with Crippen LogP contribution in [0.3, 0.4) is 0 Å². The van der Waals surface area contributed by atoms with Crippen LogP contribution in [0.2, 0.25) is 0 Å². The van der Waals surface area contributed by atoms with Crippen molar-refractivity contribution in [2.24, 2.45) is 0 Å². The Labute approximate surface area is 159 Å². The number of sulfone groups is 1. The van der Waals surface area contributed by atoms with Gasteiger partial charge in [-0.25, -0.2) is 8.42 Å². The lowest BCUT2D eigenvalue weighted by atomic mass is 10.1. The zero-order valence-corrected chi connectivity index (χ0v) is 16.7. The number of anilines is 1. The van der Waals surface area contributed by atoms with Crippen molar-refractivity contribution in [3.8, 4) is 0 Å². The fourth-order valence-corrected chi connectivity index (χ4v) is 4.10. The molecule has 1 fully saturated rings. The topological polar surface area (TPSA) is 96.6 Å². The molecule has 0 spiro atoms. The highest BCUT2D eigenvalue weighted by Crippen LogP contribution is 2.33. The van der Waals surface area contributed by atoms with Crippen LogP contribution < -0.4 is 4.90 Å². The number of rotatable bonds is 5. The van der Waals surface area contributed by atoms with Gasteiger partial charge in [0.05, 0.1) is 10.1 Å². The van der Waals surface area contributed by atoms with E-state index < -0.39 is 15.1 Å². The molecule has 0 N–H and O–H groups in total. The summed E-state index contributed by atoms with van der Waals surface area (Å²) in [5.74, 6) is 0.715. The second-order valence-electron chi connectivity index (χ2n) is 7.10. The molecule has 1 atom stereocenters. The average Bonchev–Trinajstić information content (AvgIpc) is 3.30. The molecule has 0 radical (unpaired) electrons. The molecule has 1 aliphatic rings. The number of nitrogens with zero attached hydrogens (tertiary/aromatic N) is 4. The van der Waals surface area contributed by atoms with E-state index in [9.17, 15) is 13.2 Å². The lowest BCUT2D eigenvalue weighted by Crippen LogP contribution is -2.30. The van der Waals surface area contributed by atoms with Gasteiger partial charge >= 0.3 is 0 Å². The molecule has 146 valence electrons. The highest BCUT2D eigenvalue weighted by Gasteiger charge is 2.34. The van der Waals surface area contributed by atoms with Crippen LogP contribution in [0.25, 0.3) is 0 Å². The molecule has 3 rings (SSSR count). The molecule has 0 saturated carbocycles. The Morgan fingerprint density at radius 1 is 1.26 bits per heavy atom. The van der Waals surface area contributed by atoms with E-state index in [1.807, 2.05) is 14.1 Å². The van der Waals surface area contributed by atoms with E-state index in [4.69, 9.17) is 4.52 Å². The van der Waals surface area contributed by atoms with E-state index in [2.05, 4.69) is 10.1 Å². The van der Waals surface area contributed by atoms with Crippen LogP contribution in [0, 0.1) is 0 Å². The lowest BCUT2D eigenvalue weighted by molar-refractivity contribution is 0.0710. The van der Waals surface area contributed by atoms with Crippen LogP contribution in [0.1, 0.15) is 49.0 Å². The van der Waals surface area contributed by atoms with Crippen molar-refractivity contribution in [2.45, 2.75) is 42.9 Å². The SMILES string of the molecule is CC(C)S(=O)(=O)c1ccc(C(=O)N2CCC[C@@H]2c2nc(N(C)C)no2)cc1. The van der Waals surface area contributed by atoms with E-state index in [1.165, 1.54) is 12.1 Å². The number of benzene rings is 1. The average molecular weight is 392 g/mol. The van der Waals surface area contributed by atoms with Crippen molar-refractivity contribution in [1.82, 2.24) is 15.0 Å². The van der Waals surface area contributed by atoms with E-state index in [-0.39, 0.29) is 16.8 Å². The molecule has 0 unspecified atom stereocenters. The van der Waals surface area contributed by atoms with E-state index in [0.717, 1.165) is 12.8 Å². The Morgan fingerprint density at radius 2 is 1.93 bits per heavy atom. The number of carbonyl (C=O) groups is 1. The molecule has 1 aromatic carbocycles. The Balaban J connectivity index is 1.82. The van der Waals surface area contributed by atoms with Crippen LogP contribution in [0.15, 0.2) is 33.7 Å². The van der Waals surface area contributed by atoms with Gasteiger partial charge in [-0.3, -0.25) is 4.79 Å². The Hall–Kier alpha value is -2.42. The highest BCUT2D eigenvalue weighted by atomic mass is 32.2. The number of hydrogen-bond acceptors (Lipinski definition) is 7. The predicted octanol–water partition coefficient (Wildman–Crippen LogP) is 2.30. The quantitative estimate of drug-likeness (QED) is 0.770. The minimum Gasteiger partial charge on any atom is -0.344 e. The second-order valence-corrected chi connectivity index (χ2v) is 9.61. The van der Waals surface area contributed by atoms with Gasteiger partial charge in [-0.05, 0) is 56.1 Å². The van der Waals surface area contributed by atoms with Crippen molar-refractivity contribution >= 4 is 21.7 Å². The van der Waals surface area contributed by atoms with Crippen LogP contribution in [-0.4, -0.2) is 55.3 Å². The predicted molar refractivity (Wildman–Crippen MR) is 100 cm³/mol. The molecule has 1 saturated heterocycles. The van der Waals surface area contributed by atoms with Gasteiger partial charge in [0.1, 0.15) is 6.04 Å². The minimum atomic E-state index is -3.36. The molecule has 1 amide bonds. The third kappa shape index (κ3) is 3.69. The monoisotopic (exact) mass is 392 g/mol. The zero-order chi connectivity index (χ0) is 19.8. The van der Waals surface area contributed by atoms with Gasteiger partial charge in [0.2, 0.25) is 0 Å². The molecule has 27 heavy (non-hydrogen) atoms. The third-order valence-corrected chi connectivity index (χ3v) is 6.85. The molecule has 1 aliphatic heterocycles. The third-order valence-electron chi connectivity index (χ3n) is 4.68. The summed E-state index contributed by atoms with van der Waals surface area (Å²) < 4.78 is 29.8. The molecule has 1 aromatic heterocycles. The molecular formula is C18H24N4O4S. The molecule has 2 heterocycles. The second kappa shape index (κ2) is 7.30. The van der Waals surface area contributed by atoms with Gasteiger partial charge in [-0.15, -0.1) is 0 Å². The maximum Gasteiger partial charge on any atom is 0.265 e. The fourth-order valence-electron chi connectivity index (χ4n) is 3.04. The van der Waals surface area contributed by atoms with Crippen molar-refractivity contribution in [3.05, 3.63) is 35.7 Å². The van der Waals surface area contributed by atoms with Crippen molar-refractivity contribution < 1.29 is 17.7 Å². The largest absolute Gasteiger partial charge is 0.344 e. The smallest absolute Gasteiger partial charge is 0.265 e. The lowest BCUT2D eigenvalue weighted by Gasteiger charge is -2.22. The standard InChI is InChI=1S/C18H24N4O4S/c1-12(2)27(24,25)14-9-7-13(8-10-14)17(23)22-11-5-6-15(22)16-19-18(20-26-16)21(3)4/h7-10,12,15H,5-6,11H2,1-4H3/t15-/m1/s1. The van der Waals surface area contributed by atoms with Gasteiger partial charge in [0.15, 0.2) is 9.84 Å². The molecule has 9 heteroatoms. The number of likely N-dealkylation sites (tertiary alicyclic amines) is 1. The summed E-state index contributed by atoms with van der Waals surface area (Å²) in [6.07, 6.45) is 1.59. The maximum atomic E-state index is 12.9. The first kappa shape index (κ1) is 19.3.